The van der Waals surface area contributed by atoms with Gasteiger partial charge in [-0.2, -0.15) is 4.99 Å². The van der Waals surface area contributed by atoms with Gasteiger partial charge in [0.15, 0.2) is 5.13 Å². The molecule has 0 aliphatic carbocycles. The molecular weight excluding hydrogens is 454 g/mol. The Balaban J connectivity index is 1.37. The van der Waals surface area contributed by atoms with Gasteiger partial charge in [-0.05, 0) is 37.3 Å². The number of aromatic nitrogens is 1. The number of ether oxygens (including phenoxy) is 1. The summed E-state index contributed by atoms with van der Waals surface area (Å²) < 4.78 is 5.74. The Morgan fingerprint density at radius 3 is 2.97 bits per heavy atom. The average molecular weight is 478 g/mol. The van der Waals surface area contributed by atoms with Crippen LogP contribution in [0.3, 0.4) is 0 Å². The van der Waals surface area contributed by atoms with Gasteiger partial charge in [0, 0.05) is 36.1 Å². The molecule has 10 heteroatoms. The summed E-state index contributed by atoms with van der Waals surface area (Å²) in [6.45, 7) is 3.76. The summed E-state index contributed by atoms with van der Waals surface area (Å²) in [6, 6.07) is 5.63. The summed E-state index contributed by atoms with van der Waals surface area (Å²) in [5, 5.41) is 8.13. The van der Waals surface area contributed by atoms with Crippen LogP contribution in [0.15, 0.2) is 53.0 Å². The van der Waals surface area contributed by atoms with Crippen LogP contribution in [0.25, 0.3) is 11.3 Å². The van der Waals surface area contributed by atoms with Crippen LogP contribution in [0.5, 0.6) is 5.75 Å². The summed E-state index contributed by atoms with van der Waals surface area (Å²) >= 11 is 1.30. The zero-order valence-corrected chi connectivity index (χ0v) is 19.5. The zero-order chi connectivity index (χ0) is 23.9. The van der Waals surface area contributed by atoms with Crippen LogP contribution in [0.1, 0.15) is 38.3 Å². The second-order valence-electron chi connectivity index (χ2n) is 8.52. The lowest BCUT2D eigenvalue weighted by molar-refractivity contribution is -0.130. The Labute approximate surface area is 200 Å². The summed E-state index contributed by atoms with van der Waals surface area (Å²) in [6.07, 6.45) is 7.69. The number of rotatable bonds is 4. The molecule has 3 aliphatic rings. The van der Waals surface area contributed by atoms with E-state index in [0.717, 1.165) is 16.9 Å². The quantitative estimate of drug-likeness (QED) is 0.699. The van der Waals surface area contributed by atoms with Crippen molar-refractivity contribution in [2.45, 2.75) is 38.3 Å². The van der Waals surface area contributed by atoms with E-state index < -0.39 is 5.54 Å². The smallest absolute Gasteiger partial charge is 0.252 e. The second kappa shape index (κ2) is 8.53. The van der Waals surface area contributed by atoms with Crippen LogP contribution < -0.4 is 15.4 Å². The molecule has 2 N–H and O–H groups in total. The highest BCUT2D eigenvalue weighted by Crippen LogP contribution is 2.36. The van der Waals surface area contributed by atoms with Crippen LogP contribution in [0.4, 0.5) is 5.13 Å². The van der Waals surface area contributed by atoms with Crippen molar-refractivity contribution < 1.29 is 19.1 Å². The van der Waals surface area contributed by atoms with Gasteiger partial charge in [-0.3, -0.25) is 19.7 Å². The molecule has 34 heavy (non-hydrogen) atoms. The Morgan fingerprint density at radius 2 is 2.15 bits per heavy atom. The van der Waals surface area contributed by atoms with Crippen LogP contribution in [0, 0.1) is 0 Å². The zero-order valence-electron chi connectivity index (χ0n) is 18.7. The van der Waals surface area contributed by atoms with Gasteiger partial charge in [-0.1, -0.05) is 6.08 Å². The first kappa shape index (κ1) is 22.0. The topological polar surface area (TPSA) is 113 Å². The maximum Gasteiger partial charge on any atom is 0.252 e. The number of fused-ring (bicyclic) bond motifs is 2. The molecule has 1 aromatic carbocycles. The van der Waals surface area contributed by atoms with Crippen LogP contribution in [-0.4, -0.2) is 45.6 Å². The third-order valence-electron chi connectivity index (χ3n) is 6.04. The van der Waals surface area contributed by atoms with E-state index in [1.807, 2.05) is 23.6 Å². The number of amides is 3. The summed E-state index contributed by atoms with van der Waals surface area (Å²) in [7, 11) is 0. The molecule has 1 aromatic heterocycles. The predicted octanol–water partition coefficient (Wildman–Crippen LogP) is 3.18. The van der Waals surface area contributed by atoms with E-state index in [-0.39, 0.29) is 30.2 Å². The van der Waals surface area contributed by atoms with Crippen molar-refractivity contribution in [3.63, 3.8) is 0 Å². The molecule has 0 saturated heterocycles. The summed E-state index contributed by atoms with van der Waals surface area (Å²) in [5.74, 6) is 0.422. The average Bonchev–Trinajstić information content (AvgIpc) is 3.27. The standard InChI is InChI=1S/C24H23N5O4S/c1-14(30)25-17-8-10-33-19-7-6-15(11-16(17)19)18-13-34-23(26-18)28-22(32)24(2)12-21(31)27-20-5-3-4-9-29(20)24/h3-7,9,11,13,17H,8,10,12H2,1-2H3,(H,25,30)(H,26,28,32). The largest absolute Gasteiger partial charge is 0.493 e. The van der Waals surface area contributed by atoms with Crippen molar-refractivity contribution in [3.8, 4) is 17.0 Å². The minimum Gasteiger partial charge on any atom is -0.493 e. The minimum atomic E-state index is -1.12. The van der Waals surface area contributed by atoms with Crippen LogP contribution >= 0.6 is 11.3 Å². The monoisotopic (exact) mass is 477 g/mol. The number of carbonyl (C=O) groups excluding carboxylic acids is 3. The van der Waals surface area contributed by atoms with Crippen molar-refractivity contribution in [3.05, 3.63) is 53.6 Å². The number of amidine groups is 1. The van der Waals surface area contributed by atoms with Crippen molar-refractivity contribution in [2.24, 2.45) is 4.99 Å². The first-order valence-corrected chi connectivity index (χ1v) is 11.8. The molecule has 3 amide bonds. The molecule has 5 rings (SSSR count). The molecule has 0 saturated carbocycles. The highest BCUT2D eigenvalue weighted by Gasteiger charge is 2.45. The molecule has 174 valence electrons. The summed E-state index contributed by atoms with van der Waals surface area (Å²) in [4.78, 5) is 47.4. The van der Waals surface area contributed by atoms with E-state index in [9.17, 15) is 14.4 Å². The molecule has 9 nitrogen and oxygen atoms in total. The third-order valence-corrected chi connectivity index (χ3v) is 6.80. The highest BCUT2D eigenvalue weighted by atomic mass is 32.1. The van der Waals surface area contributed by atoms with Gasteiger partial charge in [0.05, 0.1) is 24.8 Å². The Bertz CT molecular complexity index is 1280. The van der Waals surface area contributed by atoms with E-state index in [1.54, 1.807) is 36.3 Å². The van der Waals surface area contributed by atoms with Crippen LogP contribution in [0.2, 0.25) is 0 Å². The number of carbonyl (C=O) groups is 3. The Morgan fingerprint density at radius 1 is 1.29 bits per heavy atom. The highest BCUT2D eigenvalue weighted by molar-refractivity contribution is 7.14. The van der Waals surface area contributed by atoms with Crippen LogP contribution in [-0.2, 0) is 14.4 Å². The van der Waals surface area contributed by atoms with Gasteiger partial charge in [-0.25, -0.2) is 4.98 Å². The van der Waals surface area contributed by atoms with Gasteiger partial charge in [0.25, 0.3) is 11.8 Å². The lowest BCUT2D eigenvalue weighted by Gasteiger charge is -2.41. The van der Waals surface area contributed by atoms with Gasteiger partial charge in [0.2, 0.25) is 5.91 Å². The minimum absolute atomic E-state index is 0.0336. The number of hydrogen-bond donors (Lipinski definition) is 2. The van der Waals surface area contributed by atoms with E-state index in [4.69, 9.17) is 4.74 Å². The fraction of sp³-hybridized carbons (Fsp3) is 0.292. The number of nitrogens with one attached hydrogen (secondary N) is 2. The number of anilines is 1. The molecule has 0 bridgehead atoms. The number of nitrogens with zero attached hydrogens (tertiary/aromatic N) is 3. The maximum absolute atomic E-state index is 13.3. The van der Waals surface area contributed by atoms with E-state index in [2.05, 4.69) is 20.6 Å². The number of allylic oxidation sites excluding steroid dienone is 2. The maximum atomic E-state index is 13.3. The molecule has 2 atom stereocenters. The molecule has 0 radical (unpaired) electrons. The number of hydrogen-bond acceptors (Lipinski definition) is 7. The fourth-order valence-corrected chi connectivity index (χ4v) is 5.04. The molecule has 0 spiro atoms. The normalized spacial score (nSPS) is 22.9. The molecule has 0 fully saturated rings. The lowest BCUT2D eigenvalue weighted by atomic mass is 9.91. The van der Waals surface area contributed by atoms with Gasteiger partial charge < -0.3 is 15.0 Å². The van der Waals surface area contributed by atoms with E-state index in [0.29, 0.717) is 29.7 Å². The van der Waals surface area contributed by atoms with Gasteiger partial charge >= 0.3 is 0 Å². The van der Waals surface area contributed by atoms with E-state index in [1.165, 1.54) is 18.3 Å². The molecule has 2 aromatic rings. The molecule has 4 heterocycles. The Kier molecular flexibility index (Phi) is 5.52. The number of thiazole rings is 1. The van der Waals surface area contributed by atoms with Crippen molar-refractivity contribution in [1.29, 1.82) is 0 Å². The number of aliphatic imine (C=N–C) groups is 1. The van der Waals surface area contributed by atoms with Crippen molar-refractivity contribution in [1.82, 2.24) is 15.2 Å². The SMILES string of the molecule is CC(=O)NC1CCOc2ccc(-c3csc(NC(=O)C4(C)CC(=O)N=C5C=CC=CN54)n3)cc21. The Hall–Kier alpha value is -3.79. The lowest BCUT2D eigenvalue weighted by Crippen LogP contribution is -2.58. The third kappa shape index (κ3) is 4.01. The molecule has 2 unspecified atom stereocenters. The number of benzene rings is 1. The first-order valence-electron chi connectivity index (χ1n) is 10.9. The molecule has 3 aliphatic heterocycles. The fourth-order valence-electron chi connectivity index (χ4n) is 4.32. The van der Waals surface area contributed by atoms with Crippen molar-refractivity contribution in [2.75, 3.05) is 11.9 Å². The van der Waals surface area contributed by atoms with E-state index >= 15 is 0 Å². The second-order valence-corrected chi connectivity index (χ2v) is 9.38. The van der Waals surface area contributed by atoms with Gasteiger partial charge in [0.1, 0.15) is 17.1 Å². The molecular formula is C24H23N5O4S. The van der Waals surface area contributed by atoms with Crippen molar-refractivity contribution >= 4 is 40.0 Å². The van der Waals surface area contributed by atoms with Gasteiger partial charge in [-0.15, -0.1) is 11.3 Å². The summed E-state index contributed by atoms with van der Waals surface area (Å²) in [5.41, 5.74) is 1.34. The first-order chi connectivity index (χ1) is 16.3. The predicted molar refractivity (Wildman–Crippen MR) is 128 cm³/mol.